The molecule has 0 unspecified atom stereocenters. The van der Waals surface area contributed by atoms with Crippen molar-refractivity contribution in [2.24, 2.45) is 21.5 Å². The number of unbranched alkanes of at least 4 members (excludes halogenated alkanes) is 2. The second kappa shape index (κ2) is 13.6. The highest BCUT2D eigenvalue weighted by Crippen LogP contribution is 2.24. The molecule has 0 aliphatic carbocycles. The monoisotopic (exact) mass is 477 g/mol. The third-order valence-corrected chi connectivity index (χ3v) is 4.75. The quantitative estimate of drug-likeness (QED) is 0.152. The standard InChI is InChI=1S/C23H31N7.2ClH/c1-3-5-11-26-22(24)28-18-9-7-16-13-17-8-10-19(15-21(17)30-20(16)14-18)29-23(25)27-12-6-4-2;;/h7-10,13-15H,3-6,11-12H2,1-2H3,(H3,24,26,28)(H3,25,27,29);2*1H. The fourth-order valence-corrected chi connectivity index (χ4v) is 3.07. The molecule has 0 saturated carbocycles. The maximum absolute atomic E-state index is 5.98. The highest BCUT2D eigenvalue weighted by molar-refractivity contribution is 5.99. The van der Waals surface area contributed by atoms with Crippen molar-refractivity contribution in [1.29, 1.82) is 0 Å². The lowest BCUT2D eigenvalue weighted by atomic mass is 10.1. The van der Waals surface area contributed by atoms with E-state index < -0.39 is 0 Å². The van der Waals surface area contributed by atoms with E-state index in [9.17, 15) is 0 Å². The summed E-state index contributed by atoms with van der Waals surface area (Å²) in [5.41, 5.74) is 15.5. The van der Waals surface area contributed by atoms with Crippen LogP contribution in [0.1, 0.15) is 39.5 Å². The van der Waals surface area contributed by atoms with Crippen LogP contribution >= 0.6 is 24.8 Å². The third-order valence-electron chi connectivity index (χ3n) is 4.75. The van der Waals surface area contributed by atoms with Crippen LogP contribution in [0.25, 0.3) is 21.8 Å². The predicted octanol–water partition coefficient (Wildman–Crippen LogP) is 5.29. The summed E-state index contributed by atoms with van der Waals surface area (Å²) in [5, 5.41) is 8.42. The number of hydrogen-bond donors (Lipinski definition) is 4. The minimum Gasteiger partial charge on any atom is -0.370 e. The molecule has 0 spiro atoms. The van der Waals surface area contributed by atoms with Crippen molar-refractivity contribution < 1.29 is 0 Å². The van der Waals surface area contributed by atoms with E-state index in [1.165, 1.54) is 0 Å². The van der Waals surface area contributed by atoms with E-state index in [0.717, 1.165) is 72.0 Å². The molecule has 0 amide bonds. The normalized spacial score (nSPS) is 11.7. The molecular weight excluding hydrogens is 445 g/mol. The van der Waals surface area contributed by atoms with Crippen molar-refractivity contribution in [3.8, 4) is 0 Å². The summed E-state index contributed by atoms with van der Waals surface area (Å²) in [7, 11) is 0. The van der Waals surface area contributed by atoms with Crippen LogP contribution in [0, 0.1) is 0 Å². The summed E-state index contributed by atoms with van der Waals surface area (Å²) in [6.45, 7) is 5.72. The van der Waals surface area contributed by atoms with Gasteiger partial charge >= 0.3 is 0 Å². The minimum atomic E-state index is 0. The van der Waals surface area contributed by atoms with Crippen molar-refractivity contribution in [2.45, 2.75) is 39.5 Å². The Morgan fingerprint density at radius 1 is 0.750 bits per heavy atom. The number of aliphatic imine (C=N–C) groups is 2. The van der Waals surface area contributed by atoms with Gasteiger partial charge in [-0.05, 0) is 43.2 Å². The molecule has 0 fully saturated rings. The lowest BCUT2D eigenvalue weighted by Crippen LogP contribution is -2.22. The molecule has 3 rings (SSSR count). The molecule has 0 aliphatic heterocycles. The number of anilines is 2. The maximum Gasteiger partial charge on any atom is 0.193 e. The zero-order chi connectivity index (χ0) is 21.3. The Morgan fingerprint density at radius 2 is 1.19 bits per heavy atom. The first kappa shape index (κ1) is 27.3. The first-order chi connectivity index (χ1) is 14.6. The van der Waals surface area contributed by atoms with E-state index in [1.54, 1.807) is 0 Å². The van der Waals surface area contributed by atoms with Gasteiger partial charge in [-0.15, -0.1) is 24.8 Å². The number of benzene rings is 2. The van der Waals surface area contributed by atoms with Gasteiger partial charge in [0.1, 0.15) is 0 Å². The van der Waals surface area contributed by atoms with E-state index in [1.807, 2.05) is 36.4 Å². The highest BCUT2D eigenvalue weighted by Gasteiger charge is 2.04. The number of nitrogens with one attached hydrogen (secondary N) is 2. The number of pyridine rings is 1. The third kappa shape index (κ3) is 7.73. The van der Waals surface area contributed by atoms with Gasteiger partial charge in [0.25, 0.3) is 0 Å². The largest absolute Gasteiger partial charge is 0.370 e. The van der Waals surface area contributed by atoms with Gasteiger partial charge in [-0.1, -0.05) is 38.8 Å². The zero-order valence-corrected chi connectivity index (χ0v) is 20.2. The van der Waals surface area contributed by atoms with Gasteiger partial charge in [0.2, 0.25) is 0 Å². The highest BCUT2D eigenvalue weighted by atomic mass is 35.5. The van der Waals surface area contributed by atoms with Crippen LogP contribution in [0.2, 0.25) is 0 Å². The van der Waals surface area contributed by atoms with Gasteiger partial charge in [-0.2, -0.15) is 0 Å². The molecule has 0 atom stereocenters. The van der Waals surface area contributed by atoms with Crippen molar-refractivity contribution in [2.75, 3.05) is 23.7 Å². The molecule has 0 bridgehead atoms. The molecule has 6 N–H and O–H groups in total. The lowest BCUT2D eigenvalue weighted by Gasteiger charge is -2.09. The second-order valence-electron chi connectivity index (χ2n) is 7.29. The Labute approximate surface area is 202 Å². The molecule has 0 saturated heterocycles. The van der Waals surface area contributed by atoms with Gasteiger partial charge in [0.05, 0.1) is 11.0 Å². The SMILES string of the molecule is CCCCN=C(N)Nc1ccc2cc3ccc(NC(N)=NCCCC)cc3nc2c1.Cl.Cl. The fourth-order valence-electron chi connectivity index (χ4n) is 3.07. The van der Waals surface area contributed by atoms with Gasteiger partial charge in [-0.3, -0.25) is 9.98 Å². The van der Waals surface area contributed by atoms with Crippen molar-refractivity contribution in [1.82, 2.24) is 4.98 Å². The lowest BCUT2D eigenvalue weighted by molar-refractivity contribution is 0.807. The topological polar surface area (TPSA) is 114 Å². The summed E-state index contributed by atoms with van der Waals surface area (Å²) in [4.78, 5) is 13.5. The van der Waals surface area contributed by atoms with Crippen LogP contribution in [0.3, 0.4) is 0 Å². The van der Waals surface area contributed by atoms with Crippen LogP contribution in [0.15, 0.2) is 52.4 Å². The second-order valence-corrected chi connectivity index (χ2v) is 7.29. The van der Waals surface area contributed by atoms with Gasteiger partial charge in [0, 0.05) is 35.2 Å². The first-order valence-corrected chi connectivity index (χ1v) is 10.6. The van der Waals surface area contributed by atoms with E-state index >= 15 is 0 Å². The van der Waals surface area contributed by atoms with Crippen LogP contribution in [-0.4, -0.2) is 30.0 Å². The molecule has 3 aromatic rings. The molecule has 1 aromatic heterocycles. The molecular formula is C23H33Cl2N7. The van der Waals surface area contributed by atoms with E-state index in [0.29, 0.717) is 11.9 Å². The minimum absolute atomic E-state index is 0. The molecule has 0 aliphatic rings. The Hall–Kier alpha value is -2.77. The fraction of sp³-hybridized carbons (Fsp3) is 0.348. The van der Waals surface area contributed by atoms with E-state index in [4.69, 9.17) is 16.5 Å². The van der Waals surface area contributed by atoms with Crippen LogP contribution in [-0.2, 0) is 0 Å². The Morgan fingerprint density at radius 3 is 1.59 bits per heavy atom. The van der Waals surface area contributed by atoms with E-state index in [-0.39, 0.29) is 24.8 Å². The number of nitrogens with two attached hydrogens (primary N) is 2. The number of nitrogens with zero attached hydrogens (tertiary/aromatic N) is 3. The van der Waals surface area contributed by atoms with Gasteiger partial charge in [-0.25, -0.2) is 4.98 Å². The Bertz CT molecular complexity index is 986. The Balaban J connectivity index is 0.00000256. The summed E-state index contributed by atoms with van der Waals surface area (Å²) < 4.78 is 0. The van der Waals surface area contributed by atoms with Crippen molar-refractivity contribution >= 4 is 69.9 Å². The van der Waals surface area contributed by atoms with Gasteiger partial charge < -0.3 is 22.1 Å². The number of rotatable bonds is 8. The molecule has 0 radical (unpaired) electrons. The molecule has 174 valence electrons. The molecule has 2 aromatic carbocycles. The van der Waals surface area contributed by atoms with Crippen molar-refractivity contribution in [3.63, 3.8) is 0 Å². The predicted molar refractivity (Wildman–Crippen MR) is 144 cm³/mol. The van der Waals surface area contributed by atoms with E-state index in [2.05, 4.69) is 40.5 Å². The average Bonchev–Trinajstić information content (AvgIpc) is 2.72. The molecule has 32 heavy (non-hydrogen) atoms. The van der Waals surface area contributed by atoms with Crippen molar-refractivity contribution in [3.05, 3.63) is 42.5 Å². The summed E-state index contributed by atoms with van der Waals surface area (Å²) in [6, 6.07) is 14.1. The number of fused-ring (bicyclic) bond motifs is 2. The summed E-state index contributed by atoms with van der Waals surface area (Å²) >= 11 is 0. The maximum atomic E-state index is 5.98. The molecule has 7 nitrogen and oxygen atoms in total. The zero-order valence-electron chi connectivity index (χ0n) is 18.6. The van der Waals surface area contributed by atoms with Crippen LogP contribution < -0.4 is 22.1 Å². The number of hydrogen-bond acceptors (Lipinski definition) is 3. The number of guanidine groups is 2. The average molecular weight is 478 g/mol. The molecule has 9 heteroatoms. The number of aromatic nitrogens is 1. The first-order valence-electron chi connectivity index (χ1n) is 10.6. The Kier molecular flexibility index (Phi) is 11.6. The summed E-state index contributed by atoms with van der Waals surface area (Å²) in [5.74, 6) is 0.848. The summed E-state index contributed by atoms with van der Waals surface area (Å²) in [6.07, 6.45) is 4.24. The molecule has 1 heterocycles. The van der Waals surface area contributed by atoms with Crippen LogP contribution in [0.4, 0.5) is 11.4 Å². The van der Waals surface area contributed by atoms with Gasteiger partial charge in [0.15, 0.2) is 11.9 Å². The number of halogens is 2. The van der Waals surface area contributed by atoms with Crippen LogP contribution in [0.5, 0.6) is 0 Å². The smallest absolute Gasteiger partial charge is 0.193 e.